The molecule has 0 aromatic heterocycles. The third-order valence-corrected chi connectivity index (χ3v) is 8.88. The summed E-state index contributed by atoms with van der Waals surface area (Å²) < 4.78 is 5.02. The number of Topliss-reactive ketones (excluding diaryl/α,β-unsaturated/α-hetero) is 1. The lowest BCUT2D eigenvalue weighted by Gasteiger charge is -2.57. The quantitative estimate of drug-likeness (QED) is 0.598. The Morgan fingerprint density at radius 2 is 1.93 bits per heavy atom. The van der Waals surface area contributed by atoms with Crippen LogP contribution in [0, 0.1) is 34.5 Å². The molecule has 4 nitrogen and oxygen atoms in total. The summed E-state index contributed by atoms with van der Waals surface area (Å²) in [7, 11) is 0. The van der Waals surface area contributed by atoms with Gasteiger partial charge in [-0.05, 0) is 80.0 Å². The van der Waals surface area contributed by atoms with Gasteiger partial charge in [0, 0.05) is 12.8 Å². The average Bonchev–Trinajstić information content (AvgIpc) is 2.97. The van der Waals surface area contributed by atoms with Crippen molar-refractivity contribution in [2.45, 2.75) is 78.2 Å². The van der Waals surface area contributed by atoms with Crippen molar-refractivity contribution < 1.29 is 19.4 Å². The van der Waals surface area contributed by atoms with E-state index in [1.165, 1.54) is 18.9 Å². The first kappa shape index (κ1) is 19.2. The van der Waals surface area contributed by atoms with E-state index < -0.39 is 0 Å². The molecule has 0 radical (unpaired) electrons. The van der Waals surface area contributed by atoms with E-state index >= 15 is 0 Å². The van der Waals surface area contributed by atoms with Crippen LogP contribution in [0.3, 0.4) is 0 Å². The van der Waals surface area contributed by atoms with Crippen LogP contribution in [0.1, 0.15) is 72.1 Å². The fourth-order valence-electron chi connectivity index (χ4n) is 7.44. The highest BCUT2D eigenvalue weighted by Crippen LogP contribution is 2.66. The Morgan fingerprint density at radius 3 is 2.67 bits per heavy atom. The number of hydrogen-bond acceptors (Lipinski definition) is 4. The number of carbonyl (C=O) groups is 2. The number of esters is 1. The largest absolute Gasteiger partial charge is 0.458 e. The summed E-state index contributed by atoms with van der Waals surface area (Å²) >= 11 is 0. The average molecular weight is 375 g/mol. The number of hydrogen-bond donors (Lipinski definition) is 1. The summed E-state index contributed by atoms with van der Waals surface area (Å²) in [5.41, 5.74) is 1.78. The van der Waals surface area contributed by atoms with E-state index in [2.05, 4.69) is 19.9 Å². The monoisotopic (exact) mass is 374 g/mol. The van der Waals surface area contributed by atoms with Crippen molar-refractivity contribution in [1.82, 2.24) is 0 Å². The van der Waals surface area contributed by atoms with E-state index in [0.29, 0.717) is 17.8 Å². The van der Waals surface area contributed by atoms with Crippen LogP contribution in [0.2, 0.25) is 0 Å². The van der Waals surface area contributed by atoms with Crippen LogP contribution in [-0.2, 0) is 14.3 Å². The molecule has 0 amide bonds. The maximum Gasteiger partial charge on any atom is 0.303 e. The summed E-state index contributed by atoms with van der Waals surface area (Å²) in [6.45, 7) is 6.06. The molecule has 7 atom stereocenters. The summed E-state index contributed by atoms with van der Waals surface area (Å²) in [5, 5.41) is 10.1. The highest BCUT2D eigenvalue weighted by atomic mass is 16.5. The number of ether oxygens (including phenoxy) is 1. The number of aliphatic hydroxyl groups excluding tert-OH is 1. The first-order chi connectivity index (χ1) is 12.8. The molecule has 3 fully saturated rings. The maximum atomic E-state index is 12.8. The molecule has 0 aliphatic heterocycles. The number of aliphatic hydroxyl groups is 1. The summed E-state index contributed by atoms with van der Waals surface area (Å²) in [6.07, 6.45) is 10.6. The van der Waals surface area contributed by atoms with Crippen LogP contribution in [0.25, 0.3) is 0 Å². The van der Waals surface area contributed by atoms with Crippen LogP contribution < -0.4 is 0 Å². The molecule has 0 aromatic rings. The fourth-order valence-corrected chi connectivity index (χ4v) is 7.44. The van der Waals surface area contributed by atoms with Crippen molar-refractivity contribution in [1.29, 1.82) is 0 Å². The topological polar surface area (TPSA) is 63.6 Å². The van der Waals surface area contributed by atoms with Gasteiger partial charge in [-0.15, -0.1) is 0 Å². The smallest absolute Gasteiger partial charge is 0.303 e. The lowest BCUT2D eigenvalue weighted by molar-refractivity contribution is -0.149. The Hall–Kier alpha value is -1.16. The molecule has 4 aliphatic rings. The number of carbonyl (C=O) groups excluding carboxylic acids is 2. The van der Waals surface area contributed by atoms with Gasteiger partial charge in [-0.1, -0.05) is 25.5 Å². The van der Waals surface area contributed by atoms with Gasteiger partial charge in [0.1, 0.15) is 6.61 Å². The van der Waals surface area contributed by atoms with E-state index in [1.54, 1.807) is 0 Å². The molecule has 0 spiro atoms. The van der Waals surface area contributed by atoms with Crippen molar-refractivity contribution >= 4 is 11.8 Å². The van der Waals surface area contributed by atoms with Crippen molar-refractivity contribution in [3.05, 3.63) is 11.6 Å². The Labute approximate surface area is 162 Å². The van der Waals surface area contributed by atoms with Gasteiger partial charge in [0.05, 0.1) is 6.10 Å². The molecule has 27 heavy (non-hydrogen) atoms. The summed E-state index contributed by atoms with van der Waals surface area (Å²) in [4.78, 5) is 23.9. The molecule has 4 rings (SSSR count). The minimum absolute atomic E-state index is 0.0363. The van der Waals surface area contributed by atoms with Crippen molar-refractivity contribution in [3.63, 3.8) is 0 Å². The van der Waals surface area contributed by atoms with E-state index in [-0.39, 0.29) is 41.2 Å². The second-order valence-corrected chi connectivity index (χ2v) is 10.1. The normalized spacial score (nSPS) is 45.9. The van der Waals surface area contributed by atoms with Crippen LogP contribution in [0.4, 0.5) is 0 Å². The van der Waals surface area contributed by atoms with E-state index in [1.807, 2.05) is 0 Å². The first-order valence-electron chi connectivity index (χ1n) is 10.8. The number of allylic oxidation sites excluding steroid dienone is 1. The second kappa shape index (κ2) is 6.72. The molecular weight excluding hydrogens is 340 g/mol. The Morgan fingerprint density at radius 1 is 1.15 bits per heavy atom. The number of rotatable bonds is 3. The highest BCUT2D eigenvalue weighted by molar-refractivity contribution is 5.85. The van der Waals surface area contributed by atoms with Gasteiger partial charge >= 0.3 is 5.97 Å². The van der Waals surface area contributed by atoms with Crippen molar-refractivity contribution in [2.75, 3.05) is 6.61 Å². The van der Waals surface area contributed by atoms with Gasteiger partial charge in [0.2, 0.25) is 0 Å². The van der Waals surface area contributed by atoms with Crippen LogP contribution in [0.15, 0.2) is 11.6 Å². The predicted molar refractivity (Wildman–Crippen MR) is 103 cm³/mol. The van der Waals surface area contributed by atoms with Gasteiger partial charge in [-0.2, -0.15) is 0 Å². The highest BCUT2D eigenvalue weighted by Gasteiger charge is 2.59. The third kappa shape index (κ3) is 2.99. The summed E-state index contributed by atoms with van der Waals surface area (Å²) in [5.74, 6) is 1.71. The minimum Gasteiger partial charge on any atom is -0.458 e. The molecule has 3 saturated carbocycles. The minimum atomic E-state index is -0.371. The Balaban J connectivity index is 1.55. The van der Waals surface area contributed by atoms with E-state index in [9.17, 15) is 14.7 Å². The van der Waals surface area contributed by atoms with Gasteiger partial charge in [0.25, 0.3) is 0 Å². The SMILES string of the molecule is CC(=O)OCC(=O)[C@H]1CC[C@H]2[C@@H]3CC=C4C[C@@H](O)CC[C@]4(C)[C@H]3CC[C@]12C. The molecular formula is C23H34O4. The fraction of sp³-hybridized carbons (Fsp3) is 0.826. The zero-order valence-corrected chi connectivity index (χ0v) is 17.0. The third-order valence-electron chi connectivity index (χ3n) is 8.88. The van der Waals surface area contributed by atoms with E-state index in [4.69, 9.17) is 4.74 Å². The van der Waals surface area contributed by atoms with Crippen LogP contribution in [-0.4, -0.2) is 29.6 Å². The van der Waals surface area contributed by atoms with Gasteiger partial charge < -0.3 is 9.84 Å². The standard InChI is InChI=1S/C23H34O4/c1-14(24)27-13-21(26)20-7-6-18-17-5-4-15-12-16(25)8-10-22(15,2)19(17)9-11-23(18,20)3/h4,16-20,25H,5-13H2,1-3H3/t16-,17-,18-,19-,20+,22-,23-/m0/s1. The van der Waals surface area contributed by atoms with Gasteiger partial charge in [-0.25, -0.2) is 0 Å². The molecule has 0 saturated heterocycles. The summed E-state index contributed by atoms with van der Waals surface area (Å²) in [6, 6.07) is 0. The van der Waals surface area contributed by atoms with E-state index in [0.717, 1.165) is 44.9 Å². The maximum absolute atomic E-state index is 12.8. The van der Waals surface area contributed by atoms with Crippen molar-refractivity contribution in [2.24, 2.45) is 34.5 Å². The van der Waals surface area contributed by atoms with Gasteiger partial charge in [-0.3, -0.25) is 9.59 Å². The van der Waals surface area contributed by atoms with Crippen LogP contribution in [0.5, 0.6) is 0 Å². The molecule has 150 valence electrons. The molecule has 4 heteroatoms. The lowest BCUT2D eigenvalue weighted by atomic mass is 9.47. The Kier molecular flexibility index (Phi) is 4.77. The molecule has 0 heterocycles. The number of ketones is 1. The first-order valence-corrected chi connectivity index (χ1v) is 10.8. The molecule has 0 aromatic carbocycles. The lowest BCUT2D eigenvalue weighted by Crippen LogP contribution is -2.51. The Bertz CT molecular complexity index is 667. The molecule has 0 unspecified atom stereocenters. The zero-order valence-electron chi connectivity index (χ0n) is 17.0. The molecule has 1 N–H and O–H groups in total. The van der Waals surface area contributed by atoms with Crippen molar-refractivity contribution in [3.8, 4) is 0 Å². The van der Waals surface area contributed by atoms with Gasteiger partial charge in [0.15, 0.2) is 5.78 Å². The molecule has 0 bridgehead atoms. The number of fused-ring (bicyclic) bond motifs is 5. The van der Waals surface area contributed by atoms with Crippen LogP contribution >= 0.6 is 0 Å². The zero-order chi connectivity index (χ0) is 19.4. The second-order valence-electron chi connectivity index (χ2n) is 10.1. The predicted octanol–water partition coefficient (Wildman–Crippen LogP) is 4.06. The molecule has 4 aliphatic carbocycles.